The van der Waals surface area contributed by atoms with Gasteiger partial charge in [0.1, 0.15) is 17.2 Å². The lowest BCUT2D eigenvalue weighted by Crippen LogP contribution is -2.10. The number of carbonyl (C=O) groups excluding carboxylic acids is 1. The van der Waals surface area contributed by atoms with Crippen LogP contribution in [0.2, 0.25) is 0 Å². The number of phenols is 1. The standard InChI is InChI=1S/C26H25NO7/c1-4-32-26(29)18(11-17-12-23-24(34-15-33-23)14-22(17)31-3)10-16-6-5-9-27-25(16)20-8-7-19(30-2)13-21(20)28/h5-10,12-14,28H,4,11,15H2,1-3H3. The van der Waals surface area contributed by atoms with Gasteiger partial charge in [0.15, 0.2) is 11.5 Å². The van der Waals surface area contributed by atoms with Crippen LogP contribution in [-0.4, -0.2) is 43.7 Å². The SMILES string of the molecule is CCOC(=O)C(=Cc1cccnc1-c1ccc(OC)cc1O)Cc1cc2c(cc1OC)OCO2. The van der Waals surface area contributed by atoms with Crippen LogP contribution in [0.1, 0.15) is 18.1 Å². The minimum absolute atomic E-state index is 0.0165. The number of pyridine rings is 1. The number of aromatic nitrogens is 1. The van der Waals surface area contributed by atoms with Crippen LogP contribution < -0.4 is 18.9 Å². The van der Waals surface area contributed by atoms with Gasteiger partial charge in [-0.15, -0.1) is 0 Å². The Morgan fingerprint density at radius 1 is 1.12 bits per heavy atom. The van der Waals surface area contributed by atoms with Gasteiger partial charge in [-0.2, -0.15) is 0 Å². The molecular formula is C26H25NO7. The smallest absolute Gasteiger partial charge is 0.334 e. The number of hydrogen-bond donors (Lipinski definition) is 1. The lowest BCUT2D eigenvalue weighted by Gasteiger charge is -2.13. The Morgan fingerprint density at radius 2 is 1.91 bits per heavy atom. The lowest BCUT2D eigenvalue weighted by molar-refractivity contribution is -0.138. The van der Waals surface area contributed by atoms with Gasteiger partial charge in [-0.3, -0.25) is 4.98 Å². The van der Waals surface area contributed by atoms with E-state index in [1.54, 1.807) is 56.6 Å². The van der Waals surface area contributed by atoms with Crippen molar-refractivity contribution in [3.8, 4) is 40.0 Å². The molecule has 0 amide bonds. The highest BCUT2D eigenvalue weighted by Crippen LogP contribution is 2.39. The third-order valence-electron chi connectivity index (χ3n) is 5.32. The van der Waals surface area contributed by atoms with E-state index >= 15 is 0 Å². The van der Waals surface area contributed by atoms with E-state index in [-0.39, 0.29) is 25.6 Å². The molecule has 0 bridgehead atoms. The van der Waals surface area contributed by atoms with Crippen molar-refractivity contribution in [2.45, 2.75) is 13.3 Å². The number of esters is 1. The Labute approximate surface area is 197 Å². The fraction of sp³-hybridized carbons (Fsp3) is 0.231. The number of methoxy groups -OCH3 is 2. The van der Waals surface area contributed by atoms with E-state index in [2.05, 4.69) is 4.98 Å². The van der Waals surface area contributed by atoms with Crippen molar-refractivity contribution in [1.82, 2.24) is 4.98 Å². The zero-order valence-corrected chi connectivity index (χ0v) is 19.2. The molecule has 0 atom stereocenters. The molecule has 176 valence electrons. The Balaban J connectivity index is 1.78. The largest absolute Gasteiger partial charge is 0.507 e. The van der Waals surface area contributed by atoms with Gasteiger partial charge in [-0.1, -0.05) is 6.07 Å². The van der Waals surface area contributed by atoms with Crippen LogP contribution in [0, 0.1) is 0 Å². The summed E-state index contributed by atoms with van der Waals surface area (Å²) in [6.07, 6.45) is 3.57. The molecule has 4 rings (SSSR count). The number of benzene rings is 2. The van der Waals surface area contributed by atoms with Crippen molar-refractivity contribution in [1.29, 1.82) is 0 Å². The molecule has 0 aliphatic carbocycles. The topological polar surface area (TPSA) is 96.3 Å². The van der Waals surface area contributed by atoms with Crippen LogP contribution >= 0.6 is 0 Å². The third-order valence-corrected chi connectivity index (χ3v) is 5.32. The Kier molecular flexibility index (Phi) is 6.87. The Morgan fingerprint density at radius 3 is 2.62 bits per heavy atom. The molecule has 1 aliphatic rings. The molecule has 1 aromatic heterocycles. The molecular weight excluding hydrogens is 438 g/mol. The van der Waals surface area contributed by atoms with Crippen molar-refractivity contribution in [3.05, 3.63) is 65.4 Å². The van der Waals surface area contributed by atoms with Crippen LogP contribution in [0.25, 0.3) is 17.3 Å². The van der Waals surface area contributed by atoms with E-state index in [0.717, 1.165) is 5.56 Å². The first-order valence-corrected chi connectivity index (χ1v) is 10.7. The summed E-state index contributed by atoms with van der Waals surface area (Å²) in [4.78, 5) is 17.4. The van der Waals surface area contributed by atoms with E-state index in [9.17, 15) is 9.90 Å². The van der Waals surface area contributed by atoms with Gasteiger partial charge < -0.3 is 28.8 Å². The average Bonchev–Trinajstić information content (AvgIpc) is 3.31. The molecule has 0 saturated carbocycles. The second-order valence-electron chi connectivity index (χ2n) is 7.41. The van der Waals surface area contributed by atoms with Crippen molar-refractivity contribution < 1.29 is 33.6 Å². The van der Waals surface area contributed by atoms with E-state index in [4.69, 9.17) is 23.7 Å². The predicted molar refractivity (Wildman–Crippen MR) is 125 cm³/mol. The normalized spacial score (nSPS) is 12.4. The summed E-state index contributed by atoms with van der Waals surface area (Å²) < 4.78 is 26.9. The van der Waals surface area contributed by atoms with Gasteiger partial charge >= 0.3 is 5.97 Å². The van der Waals surface area contributed by atoms with Gasteiger partial charge in [0.05, 0.1) is 26.5 Å². The number of nitrogens with zero attached hydrogens (tertiary/aromatic N) is 1. The van der Waals surface area contributed by atoms with Crippen molar-refractivity contribution in [2.75, 3.05) is 27.6 Å². The molecule has 0 saturated heterocycles. The number of ether oxygens (including phenoxy) is 5. The van der Waals surface area contributed by atoms with Crippen LogP contribution in [0.15, 0.2) is 54.2 Å². The van der Waals surface area contributed by atoms with Crippen LogP contribution in [0.3, 0.4) is 0 Å². The molecule has 2 aromatic carbocycles. The fourth-order valence-corrected chi connectivity index (χ4v) is 3.69. The molecule has 1 N–H and O–H groups in total. The number of fused-ring (bicyclic) bond motifs is 1. The molecule has 34 heavy (non-hydrogen) atoms. The zero-order chi connectivity index (χ0) is 24.1. The quantitative estimate of drug-likeness (QED) is 0.388. The van der Waals surface area contributed by atoms with Crippen LogP contribution in [0.5, 0.6) is 28.7 Å². The van der Waals surface area contributed by atoms with Gasteiger partial charge in [0.25, 0.3) is 0 Å². The highest BCUT2D eigenvalue weighted by atomic mass is 16.7. The van der Waals surface area contributed by atoms with Crippen LogP contribution in [0.4, 0.5) is 0 Å². The van der Waals surface area contributed by atoms with Crippen molar-refractivity contribution in [2.24, 2.45) is 0 Å². The second-order valence-corrected chi connectivity index (χ2v) is 7.41. The Hall–Kier alpha value is -4.20. The van der Waals surface area contributed by atoms with Gasteiger partial charge in [0.2, 0.25) is 6.79 Å². The molecule has 0 fully saturated rings. The lowest BCUT2D eigenvalue weighted by atomic mass is 9.98. The third kappa shape index (κ3) is 4.76. The molecule has 1 aliphatic heterocycles. The fourth-order valence-electron chi connectivity index (χ4n) is 3.69. The minimum Gasteiger partial charge on any atom is -0.507 e. The highest BCUT2D eigenvalue weighted by molar-refractivity contribution is 5.95. The minimum atomic E-state index is -0.462. The molecule has 0 radical (unpaired) electrons. The van der Waals surface area contributed by atoms with Crippen molar-refractivity contribution in [3.63, 3.8) is 0 Å². The monoisotopic (exact) mass is 463 g/mol. The maximum atomic E-state index is 12.9. The second kappa shape index (κ2) is 10.2. The summed E-state index contributed by atoms with van der Waals surface area (Å²) in [5.41, 5.74) is 2.80. The summed E-state index contributed by atoms with van der Waals surface area (Å²) in [5.74, 6) is 1.82. The molecule has 2 heterocycles. The van der Waals surface area contributed by atoms with E-state index in [1.165, 1.54) is 13.2 Å². The maximum Gasteiger partial charge on any atom is 0.334 e. The number of phenolic OH excluding ortho intramolecular Hbond substituents is 1. The summed E-state index contributed by atoms with van der Waals surface area (Å²) in [6, 6.07) is 12.1. The molecule has 0 unspecified atom stereocenters. The van der Waals surface area contributed by atoms with E-state index in [0.29, 0.717) is 45.4 Å². The van der Waals surface area contributed by atoms with E-state index in [1.807, 2.05) is 6.07 Å². The number of aromatic hydroxyl groups is 1. The molecule has 0 spiro atoms. The summed E-state index contributed by atoms with van der Waals surface area (Å²) in [7, 11) is 3.08. The predicted octanol–water partition coefficient (Wildman–Crippen LogP) is 4.39. The summed E-state index contributed by atoms with van der Waals surface area (Å²) >= 11 is 0. The maximum absolute atomic E-state index is 12.9. The summed E-state index contributed by atoms with van der Waals surface area (Å²) in [6.45, 7) is 2.11. The first kappa shape index (κ1) is 23.0. The van der Waals surface area contributed by atoms with Gasteiger partial charge in [0, 0.05) is 47.0 Å². The van der Waals surface area contributed by atoms with Gasteiger partial charge in [-0.05, 0) is 37.3 Å². The molecule has 3 aromatic rings. The molecule has 8 nitrogen and oxygen atoms in total. The molecule has 8 heteroatoms. The first-order chi connectivity index (χ1) is 16.5. The number of rotatable bonds is 8. The van der Waals surface area contributed by atoms with Crippen molar-refractivity contribution >= 4 is 12.0 Å². The van der Waals surface area contributed by atoms with Gasteiger partial charge in [-0.25, -0.2) is 4.79 Å². The average molecular weight is 463 g/mol. The number of hydrogen-bond acceptors (Lipinski definition) is 8. The van der Waals surface area contributed by atoms with E-state index < -0.39 is 5.97 Å². The highest BCUT2D eigenvalue weighted by Gasteiger charge is 2.21. The Bertz CT molecular complexity index is 1240. The summed E-state index contributed by atoms with van der Waals surface area (Å²) in [5, 5.41) is 10.5. The van der Waals surface area contributed by atoms with Crippen LogP contribution in [-0.2, 0) is 16.0 Å². The zero-order valence-electron chi connectivity index (χ0n) is 19.2. The first-order valence-electron chi connectivity index (χ1n) is 10.7. The number of carbonyl (C=O) groups is 1.